The first kappa shape index (κ1) is 10.4. The van der Waals surface area contributed by atoms with Crippen molar-refractivity contribution in [3.05, 3.63) is 23.9 Å². The average Bonchev–Trinajstić information content (AvgIpc) is 2.77. The van der Waals surface area contributed by atoms with E-state index in [0.717, 1.165) is 12.4 Å². The van der Waals surface area contributed by atoms with Crippen molar-refractivity contribution < 1.29 is 0 Å². The molecule has 0 amide bonds. The predicted octanol–water partition coefficient (Wildman–Crippen LogP) is 2.28. The number of hydrogen-bond donors (Lipinski definition) is 1. The van der Waals surface area contributed by atoms with Gasteiger partial charge >= 0.3 is 0 Å². The lowest BCUT2D eigenvalue weighted by molar-refractivity contribution is 0.271. The van der Waals surface area contributed by atoms with Crippen LogP contribution in [0.1, 0.15) is 31.4 Å². The fourth-order valence-corrected chi connectivity index (χ4v) is 2.33. The fourth-order valence-electron chi connectivity index (χ4n) is 2.33. The molecule has 0 saturated carbocycles. The van der Waals surface area contributed by atoms with E-state index in [4.69, 9.17) is 0 Å². The smallest absolute Gasteiger partial charge is 0.125 e. The molecule has 1 saturated heterocycles. The number of nitrogens with zero attached hydrogens (tertiary/aromatic N) is 2. The topological polar surface area (TPSA) is 28.2 Å². The molecule has 1 aliphatic heterocycles. The predicted molar refractivity (Wildman–Crippen MR) is 63.0 cm³/mol. The van der Waals surface area contributed by atoms with Crippen LogP contribution < -0.4 is 5.32 Å². The molecule has 3 nitrogen and oxygen atoms in total. The second-order valence-corrected chi connectivity index (χ2v) is 4.01. The lowest BCUT2D eigenvalue weighted by atomic mass is 10.1. The van der Waals surface area contributed by atoms with Gasteiger partial charge in [-0.1, -0.05) is 13.0 Å². The maximum atomic E-state index is 4.37. The molecule has 1 fully saturated rings. The second-order valence-electron chi connectivity index (χ2n) is 4.01. The first-order chi connectivity index (χ1) is 7.35. The lowest BCUT2D eigenvalue weighted by Gasteiger charge is -2.22. The molecule has 0 aromatic carbocycles. The summed E-state index contributed by atoms with van der Waals surface area (Å²) in [4.78, 5) is 6.90. The van der Waals surface area contributed by atoms with Gasteiger partial charge < -0.3 is 5.32 Å². The van der Waals surface area contributed by atoms with Gasteiger partial charge in [0, 0.05) is 19.3 Å². The molecular weight excluding hydrogens is 186 g/mol. The third kappa shape index (κ3) is 2.12. The summed E-state index contributed by atoms with van der Waals surface area (Å²) in [5.41, 5.74) is 1.35. The van der Waals surface area contributed by atoms with Crippen LogP contribution in [0.2, 0.25) is 0 Å². The third-order valence-corrected chi connectivity index (χ3v) is 3.20. The van der Waals surface area contributed by atoms with Gasteiger partial charge in [0.1, 0.15) is 5.82 Å². The standard InChI is InChI=1S/C12H19N3/c1-3-15-8-4-5-11(15)10-6-7-12(13-2)14-9-10/h6-7,9,11H,3-5,8H2,1-2H3,(H,13,14)/t11-/m1/s1. The molecule has 1 aromatic rings. The Kier molecular flexibility index (Phi) is 3.21. The zero-order chi connectivity index (χ0) is 10.7. The number of nitrogens with one attached hydrogen (secondary N) is 1. The zero-order valence-corrected chi connectivity index (χ0v) is 9.53. The maximum Gasteiger partial charge on any atom is 0.125 e. The van der Waals surface area contributed by atoms with Crippen molar-refractivity contribution in [1.82, 2.24) is 9.88 Å². The highest BCUT2D eigenvalue weighted by atomic mass is 15.2. The molecule has 3 heteroatoms. The van der Waals surface area contributed by atoms with E-state index in [2.05, 4.69) is 34.3 Å². The molecule has 0 aliphatic carbocycles. The summed E-state index contributed by atoms with van der Waals surface area (Å²) in [5, 5.41) is 3.05. The highest BCUT2D eigenvalue weighted by Gasteiger charge is 2.24. The number of aromatic nitrogens is 1. The number of hydrogen-bond acceptors (Lipinski definition) is 3. The Labute approximate surface area is 91.5 Å². The quantitative estimate of drug-likeness (QED) is 0.820. The van der Waals surface area contributed by atoms with Crippen LogP contribution in [0.3, 0.4) is 0 Å². The molecule has 2 rings (SSSR count). The van der Waals surface area contributed by atoms with Gasteiger partial charge in [0.05, 0.1) is 0 Å². The summed E-state index contributed by atoms with van der Waals surface area (Å²) in [6.45, 7) is 4.60. The van der Waals surface area contributed by atoms with Gasteiger partial charge in [-0.25, -0.2) is 4.98 Å². The van der Waals surface area contributed by atoms with Crippen LogP contribution in [0, 0.1) is 0 Å². The summed E-state index contributed by atoms with van der Waals surface area (Å²) in [5.74, 6) is 0.944. The molecule has 2 heterocycles. The minimum absolute atomic E-state index is 0.591. The summed E-state index contributed by atoms with van der Waals surface area (Å²) in [7, 11) is 1.90. The molecule has 1 N–H and O–H groups in total. The fraction of sp³-hybridized carbons (Fsp3) is 0.583. The first-order valence-corrected chi connectivity index (χ1v) is 5.73. The van der Waals surface area contributed by atoms with Crippen LogP contribution in [0.4, 0.5) is 5.82 Å². The van der Waals surface area contributed by atoms with Crippen LogP contribution >= 0.6 is 0 Å². The number of likely N-dealkylation sites (tertiary alicyclic amines) is 1. The highest BCUT2D eigenvalue weighted by Crippen LogP contribution is 2.31. The average molecular weight is 205 g/mol. The lowest BCUT2D eigenvalue weighted by Crippen LogP contribution is -2.22. The Hall–Kier alpha value is -1.09. The maximum absolute atomic E-state index is 4.37. The van der Waals surface area contributed by atoms with Crippen LogP contribution in [0.15, 0.2) is 18.3 Å². The Morgan fingerprint density at radius 3 is 3.00 bits per heavy atom. The molecular formula is C12H19N3. The van der Waals surface area contributed by atoms with Crippen LogP contribution in [0.5, 0.6) is 0 Å². The first-order valence-electron chi connectivity index (χ1n) is 5.73. The minimum atomic E-state index is 0.591. The van der Waals surface area contributed by atoms with Gasteiger partial charge in [-0.05, 0) is 37.6 Å². The van der Waals surface area contributed by atoms with Gasteiger partial charge in [-0.2, -0.15) is 0 Å². The summed E-state index contributed by atoms with van der Waals surface area (Å²) < 4.78 is 0. The Morgan fingerprint density at radius 1 is 1.53 bits per heavy atom. The molecule has 0 radical (unpaired) electrons. The van der Waals surface area contributed by atoms with E-state index >= 15 is 0 Å². The normalized spacial score (nSPS) is 21.9. The van der Waals surface area contributed by atoms with Crippen LogP contribution in [-0.4, -0.2) is 30.0 Å². The zero-order valence-electron chi connectivity index (χ0n) is 9.53. The van der Waals surface area contributed by atoms with Crippen molar-refractivity contribution in [2.45, 2.75) is 25.8 Å². The molecule has 1 aromatic heterocycles. The molecule has 0 bridgehead atoms. The molecule has 0 spiro atoms. The molecule has 15 heavy (non-hydrogen) atoms. The van der Waals surface area contributed by atoms with Gasteiger partial charge in [0.25, 0.3) is 0 Å². The number of anilines is 1. The summed E-state index contributed by atoms with van der Waals surface area (Å²) in [6.07, 6.45) is 4.59. The number of rotatable bonds is 3. The van der Waals surface area contributed by atoms with Gasteiger partial charge in [-0.3, -0.25) is 4.90 Å². The third-order valence-electron chi connectivity index (χ3n) is 3.20. The minimum Gasteiger partial charge on any atom is -0.373 e. The van der Waals surface area contributed by atoms with E-state index in [1.165, 1.54) is 24.9 Å². The van der Waals surface area contributed by atoms with E-state index in [1.54, 1.807) is 0 Å². The van der Waals surface area contributed by atoms with Crippen molar-refractivity contribution in [1.29, 1.82) is 0 Å². The molecule has 1 aliphatic rings. The molecule has 1 atom stereocenters. The Morgan fingerprint density at radius 2 is 2.40 bits per heavy atom. The molecule has 82 valence electrons. The van der Waals surface area contributed by atoms with Gasteiger partial charge in [0.15, 0.2) is 0 Å². The van der Waals surface area contributed by atoms with Crippen molar-refractivity contribution in [2.75, 3.05) is 25.5 Å². The van der Waals surface area contributed by atoms with E-state index in [-0.39, 0.29) is 0 Å². The van der Waals surface area contributed by atoms with Crippen molar-refractivity contribution in [2.24, 2.45) is 0 Å². The molecule has 0 unspecified atom stereocenters. The van der Waals surface area contributed by atoms with Crippen molar-refractivity contribution in [3.63, 3.8) is 0 Å². The Bertz CT molecular complexity index is 307. The van der Waals surface area contributed by atoms with E-state index in [1.807, 2.05) is 13.2 Å². The Balaban J connectivity index is 2.14. The van der Waals surface area contributed by atoms with Gasteiger partial charge in [-0.15, -0.1) is 0 Å². The van der Waals surface area contributed by atoms with E-state index in [0.29, 0.717) is 6.04 Å². The summed E-state index contributed by atoms with van der Waals surface area (Å²) >= 11 is 0. The van der Waals surface area contributed by atoms with E-state index < -0.39 is 0 Å². The largest absolute Gasteiger partial charge is 0.373 e. The second kappa shape index (κ2) is 4.62. The van der Waals surface area contributed by atoms with Crippen LogP contribution in [-0.2, 0) is 0 Å². The summed E-state index contributed by atoms with van der Waals surface area (Å²) in [6, 6.07) is 4.84. The van der Waals surface area contributed by atoms with Crippen molar-refractivity contribution >= 4 is 5.82 Å². The van der Waals surface area contributed by atoms with E-state index in [9.17, 15) is 0 Å². The monoisotopic (exact) mass is 205 g/mol. The van der Waals surface area contributed by atoms with Crippen LogP contribution in [0.25, 0.3) is 0 Å². The van der Waals surface area contributed by atoms with Crippen molar-refractivity contribution in [3.8, 4) is 0 Å². The number of pyridine rings is 1. The SMILES string of the molecule is CCN1CCC[C@@H]1c1ccc(NC)nc1. The highest BCUT2D eigenvalue weighted by molar-refractivity contribution is 5.35. The van der Waals surface area contributed by atoms with Gasteiger partial charge in [0.2, 0.25) is 0 Å².